The van der Waals surface area contributed by atoms with Crippen molar-refractivity contribution in [3.8, 4) is 6.07 Å². The molecular weight excluding hydrogens is 248 g/mol. The molecule has 1 fully saturated rings. The van der Waals surface area contributed by atoms with Gasteiger partial charge in [0, 0.05) is 24.8 Å². The first-order valence-electron chi connectivity index (χ1n) is 5.75. The fraction of sp³-hybridized carbons (Fsp3) is 0.333. The zero-order chi connectivity index (χ0) is 14.0. The second-order valence-electron chi connectivity index (χ2n) is 4.40. The summed E-state index contributed by atoms with van der Waals surface area (Å²) < 4.78 is 0. The van der Waals surface area contributed by atoms with Gasteiger partial charge in [-0.1, -0.05) is 0 Å². The third-order valence-corrected chi connectivity index (χ3v) is 3.25. The van der Waals surface area contributed by atoms with Gasteiger partial charge in [0.1, 0.15) is 11.6 Å². The molecule has 2 rings (SSSR count). The van der Waals surface area contributed by atoms with E-state index in [0.29, 0.717) is 25.2 Å². The number of anilines is 1. The fourth-order valence-electron chi connectivity index (χ4n) is 2.20. The van der Waals surface area contributed by atoms with E-state index >= 15 is 0 Å². The number of benzene rings is 1. The van der Waals surface area contributed by atoms with Gasteiger partial charge in [-0.2, -0.15) is 5.26 Å². The lowest BCUT2D eigenvalue weighted by molar-refractivity contribution is -0.385. The second-order valence-corrected chi connectivity index (χ2v) is 4.40. The van der Waals surface area contributed by atoms with Crippen molar-refractivity contribution in [1.29, 1.82) is 5.26 Å². The Bertz CT molecular complexity index is 579. The maximum atomic E-state index is 11.1. The topological polar surface area (TPSA) is 113 Å². The molecule has 1 aromatic carbocycles. The highest BCUT2D eigenvalue weighted by molar-refractivity contribution is 5.78. The predicted molar refractivity (Wildman–Crippen MR) is 67.3 cm³/mol. The third kappa shape index (κ3) is 2.47. The second kappa shape index (κ2) is 4.94. The molecule has 1 aliphatic rings. The van der Waals surface area contributed by atoms with Crippen LogP contribution in [0.15, 0.2) is 18.2 Å². The monoisotopic (exact) mass is 260 g/mol. The highest BCUT2D eigenvalue weighted by atomic mass is 16.6. The number of hydrogen-bond donors (Lipinski definition) is 1. The van der Waals surface area contributed by atoms with Crippen LogP contribution in [0.5, 0.6) is 0 Å². The van der Waals surface area contributed by atoms with E-state index in [9.17, 15) is 14.9 Å². The summed E-state index contributed by atoms with van der Waals surface area (Å²) in [5, 5.41) is 19.7. The smallest absolute Gasteiger partial charge is 0.287 e. The molecule has 1 atom stereocenters. The molecule has 0 aliphatic carbocycles. The number of nitrogens with two attached hydrogens (primary N) is 1. The van der Waals surface area contributed by atoms with E-state index in [0.717, 1.165) is 0 Å². The van der Waals surface area contributed by atoms with Crippen molar-refractivity contribution < 1.29 is 9.72 Å². The van der Waals surface area contributed by atoms with Gasteiger partial charge in [-0.15, -0.1) is 0 Å². The van der Waals surface area contributed by atoms with Crippen LogP contribution in [0.4, 0.5) is 11.4 Å². The molecule has 2 N–H and O–H groups in total. The number of hydrogen-bond acceptors (Lipinski definition) is 5. The number of nitro groups is 1. The van der Waals surface area contributed by atoms with Crippen LogP contribution in [0.3, 0.4) is 0 Å². The Morgan fingerprint density at radius 2 is 2.32 bits per heavy atom. The standard InChI is InChI=1S/C12H12N4O3/c13-6-9-5-10(1-2-11(9)16(18)19)15-4-3-8(7-15)12(14)17/h1-2,5,8H,3-4,7H2,(H2,14,17). The summed E-state index contributed by atoms with van der Waals surface area (Å²) >= 11 is 0. The number of amides is 1. The largest absolute Gasteiger partial charge is 0.371 e. The number of nitriles is 1. The summed E-state index contributed by atoms with van der Waals surface area (Å²) in [5.74, 6) is -0.550. The van der Waals surface area contributed by atoms with Crippen molar-refractivity contribution in [3.05, 3.63) is 33.9 Å². The molecule has 0 saturated carbocycles. The highest BCUT2D eigenvalue weighted by Gasteiger charge is 2.27. The summed E-state index contributed by atoms with van der Waals surface area (Å²) in [6.45, 7) is 1.13. The molecule has 0 radical (unpaired) electrons. The van der Waals surface area contributed by atoms with Gasteiger partial charge in [0.05, 0.1) is 10.8 Å². The molecule has 98 valence electrons. The van der Waals surface area contributed by atoms with Gasteiger partial charge >= 0.3 is 0 Å². The van der Waals surface area contributed by atoms with Crippen LogP contribution in [-0.4, -0.2) is 23.9 Å². The maximum absolute atomic E-state index is 11.1. The number of nitrogens with zero attached hydrogens (tertiary/aromatic N) is 3. The Balaban J connectivity index is 2.26. The number of nitro benzene ring substituents is 1. The number of rotatable bonds is 3. The average Bonchev–Trinajstić information content (AvgIpc) is 2.87. The van der Waals surface area contributed by atoms with E-state index in [4.69, 9.17) is 11.0 Å². The zero-order valence-corrected chi connectivity index (χ0v) is 10.1. The van der Waals surface area contributed by atoms with E-state index in [1.807, 2.05) is 11.0 Å². The van der Waals surface area contributed by atoms with Crippen molar-refractivity contribution in [2.75, 3.05) is 18.0 Å². The lowest BCUT2D eigenvalue weighted by Gasteiger charge is -2.18. The molecule has 0 spiro atoms. The molecule has 1 heterocycles. The van der Waals surface area contributed by atoms with Gasteiger partial charge < -0.3 is 10.6 Å². The molecule has 7 heteroatoms. The van der Waals surface area contributed by atoms with Crippen LogP contribution in [0.25, 0.3) is 0 Å². The van der Waals surface area contributed by atoms with E-state index in [-0.39, 0.29) is 23.1 Å². The van der Waals surface area contributed by atoms with Crippen molar-refractivity contribution in [1.82, 2.24) is 0 Å². The van der Waals surface area contributed by atoms with E-state index in [1.54, 1.807) is 6.07 Å². The lowest BCUT2D eigenvalue weighted by Crippen LogP contribution is -2.27. The van der Waals surface area contributed by atoms with Gasteiger partial charge in [-0.3, -0.25) is 14.9 Å². The first-order valence-corrected chi connectivity index (χ1v) is 5.75. The van der Waals surface area contributed by atoms with Crippen LogP contribution in [-0.2, 0) is 4.79 Å². The van der Waals surface area contributed by atoms with E-state index in [1.165, 1.54) is 12.1 Å². The summed E-state index contributed by atoms with van der Waals surface area (Å²) in [4.78, 5) is 23.2. The summed E-state index contributed by atoms with van der Waals surface area (Å²) in [6.07, 6.45) is 0.661. The minimum Gasteiger partial charge on any atom is -0.371 e. The highest BCUT2D eigenvalue weighted by Crippen LogP contribution is 2.28. The lowest BCUT2D eigenvalue weighted by atomic mass is 10.1. The molecule has 7 nitrogen and oxygen atoms in total. The third-order valence-electron chi connectivity index (χ3n) is 3.25. The van der Waals surface area contributed by atoms with Gasteiger partial charge in [0.2, 0.25) is 5.91 Å². The van der Waals surface area contributed by atoms with Crippen molar-refractivity contribution >= 4 is 17.3 Å². The van der Waals surface area contributed by atoms with Crippen LogP contribution in [0.1, 0.15) is 12.0 Å². The van der Waals surface area contributed by atoms with E-state index < -0.39 is 4.92 Å². The predicted octanol–water partition coefficient (Wildman–Crippen LogP) is 0.778. The van der Waals surface area contributed by atoms with Gasteiger partial charge in [-0.25, -0.2) is 0 Å². The summed E-state index contributed by atoms with van der Waals surface area (Å²) in [6, 6.07) is 6.19. The average molecular weight is 260 g/mol. The van der Waals surface area contributed by atoms with Crippen LogP contribution >= 0.6 is 0 Å². The van der Waals surface area contributed by atoms with E-state index in [2.05, 4.69) is 0 Å². The van der Waals surface area contributed by atoms with Crippen LogP contribution in [0, 0.1) is 27.4 Å². The quantitative estimate of drug-likeness (QED) is 0.637. The van der Waals surface area contributed by atoms with Crippen molar-refractivity contribution in [3.63, 3.8) is 0 Å². The molecule has 1 aromatic rings. The SMILES string of the molecule is N#Cc1cc(N2CCC(C(N)=O)C2)ccc1[N+](=O)[O-]. The Kier molecular flexibility index (Phi) is 3.33. The Morgan fingerprint density at radius 3 is 2.84 bits per heavy atom. The Morgan fingerprint density at radius 1 is 1.58 bits per heavy atom. The normalized spacial score (nSPS) is 18.1. The molecule has 0 aromatic heterocycles. The Hall–Kier alpha value is -2.62. The van der Waals surface area contributed by atoms with Gasteiger partial charge in [0.15, 0.2) is 0 Å². The van der Waals surface area contributed by atoms with Crippen LogP contribution in [0.2, 0.25) is 0 Å². The molecule has 0 bridgehead atoms. The molecule has 1 unspecified atom stereocenters. The number of primary amides is 1. The molecular formula is C12H12N4O3. The number of carbonyl (C=O) groups is 1. The van der Waals surface area contributed by atoms with Crippen molar-refractivity contribution in [2.45, 2.75) is 6.42 Å². The minimum absolute atomic E-state index is 0.0185. The van der Waals surface area contributed by atoms with Gasteiger partial charge in [-0.05, 0) is 18.6 Å². The minimum atomic E-state index is -0.585. The Labute approximate surface area is 109 Å². The first-order chi connectivity index (χ1) is 9.02. The van der Waals surface area contributed by atoms with Gasteiger partial charge in [0.25, 0.3) is 5.69 Å². The molecule has 1 saturated heterocycles. The first kappa shape index (κ1) is 12.8. The zero-order valence-electron chi connectivity index (χ0n) is 10.1. The summed E-state index contributed by atoms with van der Waals surface area (Å²) in [7, 11) is 0. The van der Waals surface area contributed by atoms with Crippen molar-refractivity contribution in [2.24, 2.45) is 11.7 Å². The summed E-state index contributed by atoms with van der Waals surface area (Å²) in [5.41, 5.74) is 5.76. The fourth-order valence-corrected chi connectivity index (χ4v) is 2.20. The molecule has 1 aliphatic heterocycles. The van der Waals surface area contributed by atoms with Crippen LogP contribution < -0.4 is 10.6 Å². The molecule has 1 amide bonds. The molecule has 19 heavy (non-hydrogen) atoms. The maximum Gasteiger partial charge on any atom is 0.287 e. The number of carbonyl (C=O) groups excluding carboxylic acids is 1.